The molecule has 3 aliphatic carbocycles. The number of carbonyl (C=O) groups is 2. The van der Waals surface area contributed by atoms with Crippen molar-refractivity contribution in [1.82, 2.24) is 9.44 Å². The summed E-state index contributed by atoms with van der Waals surface area (Å²) in [5.74, 6) is -0.702. The Kier molecular flexibility index (Phi) is 11.5. The van der Waals surface area contributed by atoms with Crippen molar-refractivity contribution in [1.29, 1.82) is 0 Å². The highest BCUT2D eigenvalue weighted by atomic mass is 32.2. The molecule has 0 amide bonds. The van der Waals surface area contributed by atoms with Crippen LogP contribution in [0.5, 0.6) is 0 Å². The molecule has 3 aliphatic rings. The minimum atomic E-state index is -3.90. The van der Waals surface area contributed by atoms with Crippen LogP contribution in [-0.4, -0.2) is 40.5 Å². The zero-order valence-corrected chi connectivity index (χ0v) is 36.6. The molecule has 0 unspecified atom stereocenters. The summed E-state index contributed by atoms with van der Waals surface area (Å²) in [6.45, 7) is 14.9. The Morgan fingerprint density at radius 3 is 1.14 bits per heavy atom. The average Bonchev–Trinajstić information content (AvgIpc) is 3.19. The third kappa shape index (κ3) is 7.41. The number of hydrogen-bond acceptors (Lipinski definition) is 8. The highest BCUT2D eigenvalue weighted by Crippen LogP contribution is 2.43. The Labute approximate surface area is 344 Å². The van der Waals surface area contributed by atoms with Gasteiger partial charge in [0.2, 0.25) is 20.0 Å². The van der Waals surface area contributed by atoms with Crippen LogP contribution in [0.3, 0.4) is 0 Å². The number of ketones is 2. The molecule has 12 heteroatoms. The number of rotatable bonds is 10. The second-order valence-electron chi connectivity index (χ2n) is 16.7. The van der Waals surface area contributed by atoms with Crippen molar-refractivity contribution < 1.29 is 26.4 Å². The highest BCUT2D eigenvalue weighted by Gasteiger charge is 2.36. The molecule has 0 aliphatic heterocycles. The maximum Gasteiger partial charge on any atom is 0.241 e. The van der Waals surface area contributed by atoms with E-state index in [4.69, 9.17) is 0 Å². The zero-order chi connectivity index (χ0) is 41.8. The van der Waals surface area contributed by atoms with E-state index in [0.29, 0.717) is 45.0 Å². The van der Waals surface area contributed by atoms with Crippen molar-refractivity contribution in [2.45, 2.75) is 141 Å². The van der Waals surface area contributed by atoms with E-state index in [-0.39, 0.29) is 55.7 Å². The number of benzene rings is 4. The SMILES string of the molecule is Cc1c(C)c(Nc2ccc(Nc3c(C)c(C)c(C)c(S(=O)(=O)NC4CCCCC4)c3C)c3c2C(=O)c2ccccc2C3=O)c(C)c(S(=O)(=O)NC2CCCCC2)c1C. The molecule has 0 radical (unpaired) electrons. The van der Waals surface area contributed by atoms with Crippen molar-refractivity contribution in [3.8, 4) is 0 Å². The van der Waals surface area contributed by atoms with Gasteiger partial charge in [0.05, 0.1) is 32.3 Å². The molecule has 0 aromatic heterocycles. The minimum absolute atomic E-state index is 0.125. The minimum Gasteiger partial charge on any atom is -0.354 e. The lowest BCUT2D eigenvalue weighted by molar-refractivity contribution is 0.0980. The molecule has 7 rings (SSSR count). The summed E-state index contributed by atoms with van der Waals surface area (Å²) in [6, 6.07) is 9.95. The molecule has 0 heterocycles. The van der Waals surface area contributed by atoms with Gasteiger partial charge in [-0.1, -0.05) is 62.8 Å². The van der Waals surface area contributed by atoms with Crippen LogP contribution in [-0.2, 0) is 20.0 Å². The molecule has 4 N–H and O–H groups in total. The van der Waals surface area contributed by atoms with Crippen LogP contribution in [0.25, 0.3) is 0 Å². The lowest BCUT2D eigenvalue weighted by Gasteiger charge is -2.28. The average molecular weight is 825 g/mol. The summed E-state index contributed by atoms with van der Waals surface area (Å²) in [4.78, 5) is 29.6. The number of sulfonamides is 2. The van der Waals surface area contributed by atoms with Gasteiger partial charge >= 0.3 is 0 Å². The Balaban J connectivity index is 1.36. The third-order valence-electron chi connectivity index (χ3n) is 13.1. The highest BCUT2D eigenvalue weighted by molar-refractivity contribution is 7.90. The molecule has 308 valence electrons. The van der Waals surface area contributed by atoms with Crippen molar-refractivity contribution in [2.24, 2.45) is 0 Å². The van der Waals surface area contributed by atoms with Gasteiger partial charge in [-0.05, 0) is 138 Å². The second-order valence-corrected chi connectivity index (χ2v) is 20.0. The van der Waals surface area contributed by atoms with Crippen LogP contribution >= 0.6 is 0 Å². The van der Waals surface area contributed by atoms with E-state index in [1.165, 1.54) is 0 Å². The Morgan fingerprint density at radius 1 is 0.448 bits per heavy atom. The second kappa shape index (κ2) is 16.0. The molecule has 0 saturated heterocycles. The smallest absolute Gasteiger partial charge is 0.241 e. The number of fused-ring (bicyclic) bond motifs is 2. The van der Waals surface area contributed by atoms with Crippen LogP contribution in [0.1, 0.15) is 141 Å². The van der Waals surface area contributed by atoms with E-state index in [1.54, 1.807) is 50.2 Å². The van der Waals surface area contributed by atoms with Gasteiger partial charge in [0, 0.05) is 34.6 Å². The Morgan fingerprint density at radius 2 is 0.793 bits per heavy atom. The van der Waals surface area contributed by atoms with Crippen LogP contribution in [0, 0.1) is 55.4 Å². The van der Waals surface area contributed by atoms with Crippen molar-refractivity contribution >= 4 is 54.4 Å². The number of nitrogens with one attached hydrogen (secondary N) is 4. The molecule has 2 fully saturated rings. The van der Waals surface area contributed by atoms with E-state index in [9.17, 15) is 26.4 Å². The molecule has 2 saturated carbocycles. The predicted molar refractivity (Wildman–Crippen MR) is 231 cm³/mol. The number of anilines is 4. The third-order valence-corrected chi connectivity index (χ3v) is 16.7. The van der Waals surface area contributed by atoms with Gasteiger partial charge < -0.3 is 10.6 Å². The first-order valence-corrected chi connectivity index (χ1v) is 23.6. The lowest BCUT2D eigenvalue weighted by atomic mass is 9.82. The first kappa shape index (κ1) is 41.8. The fraction of sp³-hybridized carbons (Fsp3) is 0.435. The van der Waals surface area contributed by atoms with Gasteiger partial charge in [-0.2, -0.15) is 0 Å². The standard InChI is InChI=1S/C46H56N4O6S2/c1-25-27(3)41(31(7)45(29(25)5)57(53,54)49-33-17-11-9-12-18-33)47-37-23-24-38(40-39(37)43(51)35-21-15-16-22-36(35)44(40)52)48-42-28(4)26(2)30(6)46(32(42)8)58(55,56)50-34-19-13-10-14-20-34/h15-16,21-24,33-34,47-50H,9-14,17-20H2,1-8H3. The maximum absolute atomic E-state index is 14.6. The molecule has 10 nitrogen and oxygen atoms in total. The van der Waals surface area contributed by atoms with Crippen LogP contribution in [0.2, 0.25) is 0 Å². The summed E-state index contributed by atoms with van der Waals surface area (Å²) in [7, 11) is -7.80. The molecule has 0 bridgehead atoms. The molecule has 4 aromatic carbocycles. The molecule has 0 spiro atoms. The van der Waals surface area contributed by atoms with Crippen molar-refractivity contribution in [3.05, 3.63) is 103 Å². The van der Waals surface area contributed by atoms with E-state index < -0.39 is 20.0 Å². The first-order valence-electron chi connectivity index (χ1n) is 20.6. The number of hydrogen-bond donors (Lipinski definition) is 4. The molecular formula is C46H56N4O6S2. The summed E-state index contributed by atoms with van der Waals surface area (Å²) >= 11 is 0. The van der Waals surface area contributed by atoms with E-state index in [2.05, 4.69) is 20.1 Å². The van der Waals surface area contributed by atoms with E-state index in [0.717, 1.165) is 86.5 Å². The normalized spacial score (nSPS) is 16.6. The van der Waals surface area contributed by atoms with Crippen molar-refractivity contribution in [3.63, 3.8) is 0 Å². The topological polar surface area (TPSA) is 151 Å². The quantitative estimate of drug-likeness (QED) is 0.109. The van der Waals surface area contributed by atoms with E-state index in [1.807, 2.05) is 41.5 Å². The maximum atomic E-state index is 14.6. The summed E-state index contributed by atoms with van der Waals surface area (Å²) in [5, 5.41) is 6.90. The molecule has 4 aromatic rings. The van der Waals surface area contributed by atoms with Gasteiger partial charge in [-0.25, -0.2) is 26.3 Å². The zero-order valence-electron chi connectivity index (χ0n) is 35.0. The fourth-order valence-electron chi connectivity index (χ4n) is 9.51. The lowest BCUT2D eigenvalue weighted by Crippen LogP contribution is -2.37. The summed E-state index contributed by atoms with van der Waals surface area (Å²) < 4.78 is 62.3. The first-order chi connectivity index (χ1) is 27.4. The Hall–Kier alpha value is -4.36. The van der Waals surface area contributed by atoms with Crippen LogP contribution < -0.4 is 20.1 Å². The summed E-state index contributed by atoms with van der Waals surface area (Å²) in [5.41, 5.74) is 8.32. The summed E-state index contributed by atoms with van der Waals surface area (Å²) in [6.07, 6.45) is 9.33. The van der Waals surface area contributed by atoms with Gasteiger partial charge in [-0.3, -0.25) is 9.59 Å². The van der Waals surface area contributed by atoms with Gasteiger partial charge in [0.15, 0.2) is 11.6 Å². The van der Waals surface area contributed by atoms with E-state index >= 15 is 0 Å². The van der Waals surface area contributed by atoms with Gasteiger partial charge in [0.25, 0.3) is 0 Å². The number of carbonyl (C=O) groups excluding carboxylic acids is 2. The van der Waals surface area contributed by atoms with Gasteiger partial charge in [-0.15, -0.1) is 0 Å². The van der Waals surface area contributed by atoms with Crippen LogP contribution in [0.15, 0.2) is 46.2 Å². The molecule has 58 heavy (non-hydrogen) atoms. The monoisotopic (exact) mass is 824 g/mol. The largest absolute Gasteiger partial charge is 0.354 e. The van der Waals surface area contributed by atoms with Gasteiger partial charge in [0.1, 0.15) is 0 Å². The fourth-order valence-corrected chi connectivity index (χ4v) is 13.2. The predicted octanol–water partition coefficient (Wildman–Crippen LogP) is 9.64. The van der Waals surface area contributed by atoms with Crippen LogP contribution in [0.4, 0.5) is 22.7 Å². The molecular weight excluding hydrogens is 769 g/mol. The Bertz CT molecular complexity index is 2410. The van der Waals surface area contributed by atoms with Crippen molar-refractivity contribution in [2.75, 3.05) is 10.6 Å². The molecule has 0 atom stereocenters.